The molecule has 0 aliphatic rings. The van der Waals surface area contributed by atoms with Gasteiger partial charge in [0.1, 0.15) is 6.61 Å². The van der Waals surface area contributed by atoms with Crippen LogP contribution in [0.1, 0.15) is 18.0 Å². The average Bonchev–Trinajstić information content (AvgIpc) is 2.52. The van der Waals surface area contributed by atoms with E-state index in [1.165, 1.54) is 11.3 Å². The number of hydrogen-bond donors (Lipinski definition) is 1. The van der Waals surface area contributed by atoms with Crippen LogP contribution < -0.4 is 5.73 Å². The summed E-state index contributed by atoms with van der Waals surface area (Å²) in [7, 11) is 0. The molecule has 0 saturated heterocycles. The highest BCUT2D eigenvalue weighted by Crippen LogP contribution is 2.35. The van der Waals surface area contributed by atoms with Crippen molar-refractivity contribution < 1.29 is 13.5 Å². The third kappa shape index (κ3) is 4.51. The summed E-state index contributed by atoms with van der Waals surface area (Å²) in [5.41, 5.74) is 6.56. The number of ether oxygens (including phenoxy) is 1. The molecule has 0 amide bonds. The summed E-state index contributed by atoms with van der Waals surface area (Å²) in [6.45, 7) is -0.389. The molecule has 0 spiro atoms. The van der Waals surface area contributed by atoms with Gasteiger partial charge in [-0.3, -0.25) is 0 Å². The van der Waals surface area contributed by atoms with Gasteiger partial charge in [0, 0.05) is 12.6 Å². The van der Waals surface area contributed by atoms with Gasteiger partial charge in [-0.2, -0.15) is 0 Å². The first-order valence-corrected chi connectivity index (χ1v) is 6.14. The van der Waals surface area contributed by atoms with Gasteiger partial charge in [-0.05, 0) is 18.1 Å². The second-order valence-corrected chi connectivity index (χ2v) is 5.43. The van der Waals surface area contributed by atoms with Crippen molar-refractivity contribution in [3.63, 3.8) is 0 Å². The molecule has 92 valence electrons. The van der Waals surface area contributed by atoms with Crippen molar-refractivity contribution in [2.45, 2.75) is 18.9 Å². The van der Waals surface area contributed by atoms with Gasteiger partial charge in [0.05, 0.1) is 8.67 Å². The highest BCUT2D eigenvalue weighted by molar-refractivity contribution is 7.20. The predicted molar refractivity (Wildman–Crippen MR) is 62.7 cm³/mol. The zero-order chi connectivity index (χ0) is 12.1. The van der Waals surface area contributed by atoms with E-state index in [1.54, 1.807) is 6.07 Å². The Hall–Kier alpha value is 0.0600. The summed E-state index contributed by atoms with van der Waals surface area (Å²) in [6.07, 6.45) is -2.02. The second kappa shape index (κ2) is 6.71. The Labute approximate surface area is 106 Å². The van der Waals surface area contributed by atoms with E-state index in [1.807, 2.05) is 0 Å². The minimum Gasteiger partial charge on any atom is -0.375 e. The summed E-state index contributed by atoms with van der Waals surface area (Å²) in [5, 5.41) is 0. The van der Waals surface area contributed by atoms with Crippen LogP contribution in [0.3, 0.4) is 0 Å². The molecule has 0 fully saturated rings. The molecule has 1 atom stereocenters. The first kappa shape index (κ1) is 14.1. The van der Waals surface area contributed by atoms with Crippen LogP contribution in [0.25, 0.3) is 0 Å². The number of halogens is 4. The van der Waals surface area contributed by atoms with Gasteiger partial charge in [0.2, 0.25) is 0 Å². The van der Waals surface area contributed by atoms with Gasteiger partial charge in [-0.25, -0.2) is 8.78 Å². The molecular formula is C9H11Cl2F2NOS. The normalized spacial score (nSPS) is 13.4. The van der Waals surface area contributed by atoms with Gasteiger partial charge in [-0.15, -0.1) is 11.3 Å². The fraction of sp³-hybridized carbons (Fsp3) is 0.556. The Bertz CT molecular complexity index is 335. The maximum absolute atomic E-state index is 11.8. The van der Waals surface area contributed by atoms with Crippen LogP contribution in [0.15, 0.2) is 6.07 Å². The van der Waals surface area contributed by atoms with Gasteiger partial charge in [0.25, 0.3) is 6.43 Å². The zero-order valence-corrected chi connectivity index (χ0v) is 10.6. The molecular weight excluding hydrogens is 279 g/mol. The molecule has 1 unspecified atom stereocenters. The molecule has 7 heteroatoms. The molecule has 1 aromatic rings. The third-order valence-corrected chi connectivity index (χ3v) is 3.42. The van der Waals surface area contributed by atoms with Gasteiger partial charge >= 0.3 is 0 Å². The molecule has 0 aromatic carbocycles. The first-order valence-electron chi connectivity index (χ1n) is 4.57. The van der Waals surface area contributed by atoms with E-state index in [-0.39, 0.29) is 12.6 Å². The molecule has 0 aliphatic heterocycles. The lowest BCUT2D eigenvalue weighted by atomic mass is 10.1. The molecule has 16 heavy (non-hydrogen) atoms. The van der Waals surface area contributed by atoms with E-state index in [0.29, 0.717) is 15.1 Å². The van der Waals surface area contributed by atoms with Gasteiger partial charge in [-0.1, -0.05) is 23.2 Å². The van der Waals surface area contributed by atoms with E-state index in [2.05, 4.69) is 0 Å². The Kier molecular flexibility index (Phi) is 5.92. The Morgan fingerprint density at radius 2 is 2.12 bits per heavy atom. The maximum atomic E-state index is 11.8. The van der Waals surface area contributed by atoms with Crippen LogP contribution in [0.2, 0.25) is 8.67 Å². The Balaban J connectivity index is 2.35. The highest BCUT2D eigenvalue weighted by atomic mass is 35.5. The SMILES string of the molecule is NC(CCOCC(F)F)c1cc(Cl)sc1Cl. The summed E-state index contributed by atoms with van der Waals surface area (Å²) >= 11 is 12.9. The molecule has 0 saturated carbocycles. The van der Waals surface area contributed by atoms with Gasteiger partial charge < -0.3 is 10.5 Å². The lowest BCUT2D eigenvalue weighted by Crippen LogP contribution is -2.14. The van der Waals surface area contributed by atoms with Crippen molar-refractivity contribution in [2.75, 3.05) is 13.2 Å². The summed E-state index contributed by atoms with van der Waals surface area (Å²) in [5.74, 6) is 0. The smallest absolute Gasteiger partial charge is 0.261 e. The molecule has 0 bridgehead atoms. The van der Waals surface area contributed by atoms with Crippen LogP contribution in [0.5, 0.6) is 0 Å². The minimum absolute atomic E-state index is 0.176. The Morgan fingerprint density at radius 3 is 2.62 bits per heavy atom. The second-order valence-electron chi connectivity index (χ2n) is 3.14. The van der Waals surface area contributed by atoms with Crippen molar-refractivity contribution in [1.82, 2.24) is 0 Å². The van der Waals surface area contributed by atoms with Crippen molar-refractivity contribution >= 4 is 34.5 Å². The summed E-state index contributed by atoms with van der Waals surface area (Å²) in [6, 6.07) is 1.35. The highest BCUT2D eigenvalue weighted by Gasteiger charge is 2.14. The van der Waals surface area contributed by atoms with E-state index in [9.17, 15) is 8.78 Å². The number of rotatable bonds is 6. The van der Waals surface area contributed by atoms with Crippen LogP contribution >= 0.6 is 34.5 Å². The van der Waals surface area contributed by atoms with E-state index >= 15 is 0 Å². The molecule has 0 aliphatic carbocycles. The fourth-order valence-corrected chi connectivity index (χ4v) is 2.74. The van der Waals surface area contributed by atoms with Crippen molar-refractivity contribution in [2.24, 2.45) is 5.73 Å². The molecule has 0 radical (unpaired) electrons. The third-order valence-electron chi connectivity index (χ3n) is 1.90. The first-order chi connectivity index (χ1) is 7.50. The van der Waals surface area contributed by atoms with Crippen molar-refractivity contribution in [3.05, 3.63) is 20.3 Å². The monoisotopic (exact) mass is 289 g/mol. The quantitative estimate of drug-likeness (QED) is 0.810. The van der Waals surface area contributed by atoms with E-state index in [4.69, 9.17) is 33.7 Å². The van der Waals surface area contributed by atoms with Crippen LogP contribution in [-0.2, 0) is 4.74 Å². The predicted octanol–water partition coefficient (Wildman–Crippen LogP) is 3.73. The zero-order valence-electron chi connectivity index (χ0n) is 8.26. The van der Waals surface area contributed by atoms with Crippen LogP contribution in [0.4, 0.5) is 8.78 Å². The Morgan fingerprint density at radius 1 is 1.44 bits per heavy atom. The molecule has 1 rings (SSSR count). The standard InChI is InChI=1S/C9H11Cl2F2NOS/c10-7-3-5(9(11)16-7)6(14)1-2-15-4-8(12)13/h3,6,8H,1-2,4,14H2. The van der Waals surface area contributed by atoms with E-state index < -0.39 is 13.0 Å². The van der Waals surface area contributed by atoms with Crippen LogP contribution in [0, 0.1) is 0 Å². The summed E-state index contributed by atoms with van der Waals surface area (Å²) in [4.78, 5) is 0. The van der Waals surface area contributed by atoms with Crippen LogP contribution in [-0.4, -0.2) is 19.6 Å². The largest absolute Gasteiger partial charge is 0.375 e. The number of nitrogens with two attached hydrogens (primary N) is 1. The van der Waals surface area contributed by atoms with E-state index in [0.717, 1.165) is 5.56 Å². The number of alkyl halides is 2. The maximum Gasteiger partial charge on any atom is 0.261 e. The minimum atomic E-state index is -2.45. The lowest BCUT2D eigenvalue weighted by Gasteiger charge is -2.10. The lowest BCUT2D eigenvalue weighted by molar-refractivity contribution is 0.0152. The topological polar surface area (TPSA) is 35.2 Å². The fourth-order valence-electron chi connectivity index (χ4n) is 1.14. The van der Waals surface area contributed by atoms with Crippen molar-refractivity contribution in [1.29, 1.82) is 0 Å². The number of thiophene rings is 1. The van der Waals surface area contributed by atoms with Crippen molar-refractivity contribution in [3.8, 4) is 0 Å². The number of hydrogen-bond acceptors (Lipinski definition) is 3. The summed E-state index contributed by atoms with van der Waals surface area (Å²) < 4.78 is 29.3. The molecule has 2 nitrogen and oxygen atoms in total. The average molecular weight is 290 g/mol. The molecule has 1 heterocycles. The molecule has 1 aromatic heterocycles. The molecule has 2 N–H and O–H groups in total. The van der Waals surface area contributed by atoms with Gasteiger partial charge in [0.15, 0.2) is 0 Å².